The van der Waals surface area contributed by atoms with Crippen molar-refractivity contribution in [3.05, 3.63) is 54.6 Å². The molecule has 0 bridgehead atoms. The lowest BCUT2D eigenvalue weighted by Gasteiger charge is -2.26. The highest BCUT2D eigenvalue weighted by Gasteiger charge is 2.34. The number of hydrogen-bond acceptors (Lipinski definition) is 4. The van der Waals surface area contributed by atoms with Crippen LogP contribution in [0.1, 0.15) is 31.4 Å². The summed E-state index contributed by atoms with van der Waals surface area (Å²) in [4.78, 5) is 27.8. The van der Waals surface area contributed by atoms with Crippen molar-refractivity contribution in [1.82, 2.24) is 20.1 Å². The van der Waals surface area contributed by atoms with Crippen LogP contribution in [0.5, 0.6) is 0 Å². The summed E-state index contributed by atoms with van der Waals surface area (Å²) in [6, 6.07) is 7.42. The van der Waals surface area contributed by atoms with Crippen molar-refractivity contribution in [2.75, 3.05) is 0 Å². The Morgan fingerprint density at radius 3 is 2.48 bits per heavy atom. The number of aromatic nitrogens is 3. The number of carboxylic acid groups (broad SMARTS) is 1. The van der Waals surface area contributed by atoms with Crippen LogP contribution in [-0.2, 0) is 9.59 Å². The molecular formula is C18H20N4O3. The second-order valence-corrected chi connectivity index (χ2v) is 6.16. The number of aliphatic carboxylic acids is 1. The molecule has 7 heteroatoms. The minimum Gasteiger partial charge on any atom is -0.481 e. The van der Waals surface area contributed by atoms with Crippen LogP contribution >= 0.6 is 0 Å². The number of carbonyl (C=O) groups excluding carboxylic acids is 1. The molecule has 3 rings (SSSR count). The Labute approximate surface area is 145 Å². The van der Waals surface area contributed by atoms with Crippen molar-refractivity contribution >= 4 is 11.9 Å². The predicted octanol–water partition coefficient (Wildman–Crippen LogP) is 2.11. The number of benzene rings is 1. The van der Waals surface area contributed by atoms with E-state index in [2.05, 4.69) is 15.4 Å². The number of allylic oxidation sites excluding steroid dienone is 2. The highest BCUT2D eigenvalue weighted by molar-refractivity contribution is 5.85. The standard InChI is InChI=1S/C18H20N4O3/c1-12(13-6-8-14(9-7-13)22-11-19-10-20-22)21-17(23)15-4-2-3-5-16(15)18(24)25/h2-3,6-12,15-16H,4-5H2,1H3,(H,21,23)(H,24,25)/t12-,15-,16+/m0/s1. The lowest BCUT2D eigenvalue weighted by Crippen LogP contribution is -2.39. The molecule has 1 aliphatic rings. The Morgan fingerprint density at radius 2 is 1.88 bits per heavy atom. The van der Waals surface area contributed by atoms with Gasteiger partial charge in [-0.05, 0) is 37.5 Å². The first kappa shape index (κ1) is 16.9. The van der Waals surface area contributed by atoms with Crippen LogP contribution in [-0.4, -0.2) is 31.7 Å². The first-order chi connectivity index (χ1) is 12.1. The summed E-state index contributed by atoms with van der Waals surface area (Å²) in [5.74, 6) is -2.33. The monoisotopic (exact) mass is 340 g/mol. The number of nitrogens with one attached hydrogen (secondary N) is 1. The summed E-state index contributed by atoms with van der Waals surface area (Å²) in [7, 11) is 0. The maximum Gasteiger partial charge on any atom is 0.307 e. The van der Waals surface area contributed by atoms with Gasteiger partial charge in [0.05, 0.1) is 23.6 Å². The van der Waals surface area contributed by atoms with Gasteiger partial charge in [0.25, 0.3) is 0 Å². The second kappa shape index (κ2) is 7.29. The lowest BCUT2D eigenvalue weighted by molar-refractivity contribution is -0.147. The summed E-state index contributed by atoms with van der Waals surface area (Å²) in [6.07, 6.45) is 7.64. The third kappa shape index (κ3) is 3.76. The van der Waals surface area contributed by atoms with E-state index >= 15 is 0 Å². The van der Waals surface area contributed by atoms with Gasteiger partial charge < -0.3 is 10.4 Å². The number of hydrogen-bond donors (Lipinski definition) is 2. The lowest BCUT2D eigenvalue weighted by atomic mass is 9.82. The van der Waals surface area contributed by atoms with E-state index in [-0.39, 0.29) is 11.9 Å². The third-order valence-corrected chi connectivity index (χ3v) is 4.52. The van der Waals surface area contributed by atoms with E-state index in [1.807, 2.05) is 43.3 Å². The largest absolute Gasteiger partial charge is 0.481 e. The minimum absolute atomic E-state index is 0.211. The van der Waals surface area contributed by atoms with Crippen molar-refractivity contribution in [2.24, 2.45) is 11.8 Å². The quantitative estimate of drug-likeness (QED) is 0.813. The van der Waals surface area contributed by atoms with Gasteiger partial charge in [-0.1, -0.05) is 24.3 Å². The smallest absolute Gasteiger partial charge is 0.307 e. The van der Waals surface area contributed by atoms with Gasteiger partial charge in [0, 0.05) is 0 Å². The van der Waals surface area contributed by atoms with E-state index in [1.54, 1.807) is 11.0 Å². The number of rotatable bonds is 5. The molecule has 1 aromatic carbocycles. The number of amides is 1. The average Bonchev–Trinajstić information content (AvgIpc) is 3.16. The van der Waals surface area contributed by atoms with Crippen molar-refractivity contribution in [3.8, 4) is 5.69 Å². The van der Waals surface area contributed by atoms with Gasteiger partial charge in [-0.25, -0.2) is 9.67 Å². The van der Waals surface area contributed by atoms with Gasteiger partial charge >= 0.3 is 5.97 Å². The van der Waals surface area contributed by atoms with Crippen LogP contribution < -0.4 is 5.32 Å². The first-order valence-corrected chi connectivity index (χ1v) is 8.19. The third-order valence-electron chi connectivity index (χ3n) is 4.52. The summed E-state index contributed by atoms with van der Waals surface area (Å²) < 4.78 is 1.65. The molecule has 0 fully saturated rings. The Bertz CT molecular complexity index is 768. The topological polar surface area (TPSA) is 97.1 Å². The highest BCUT2D eigenvalue weighted by Crippen LogP contribution is 2.27. The maximum absolute atomic E-state index is 12.5. The summed E-state index contributed by atoms with van der Waals surface area (Å²) >= 11 is 0. The molecule has 1 amide bonds. The fraction of sp³-hybridized carbons (Fsp3) is 0.333. The van der Waals surface area contributed by atoms with Crippen molar-refractivity contribution in [3.63, 3.8) is 0 Å². The van der Waals surface area contributed by atoms with Crippen LogP contribution in [0, 0.1) is 11.8 Å². The number of carboxylic acids is 1. The molecule has 1 aliphatic carbocycles. The first-order valence-electron chi connectivity index (χ1n) is 8.19. The fourth-order valence-corrected chi connectivity index (χ4v) is 3.04. The second-order valence-electron chi connectivity index (χ2n) is 6.16. The molecule has 2 N–H and O–H groups in total. The maximum atomic E-state index is 12.5. The zero-order chi connectivity index (χ0) is 17.8. The zero-order valence-electron chi connectivity index (χ0n) is 13.9. The SMILES string of the molecule is C[C@H](NC(=O)[C@H]1CC=CC[C@H]1C(=O)O)c1ccc(-n2cncn2)cc1. The molecule has 25 heavy (non-hydrogen) atoms. The Kier molecular flexibility index (Phi) is 4.92. The molecule has 130 valence electrons. The molecule has 0 saturated heterocycles. The van der Waals surface area contributed by atoms with Crippen molar-refractivity contribution < 1.29 is 14.7 Å². The zero-order valence-corrected chi connectivity index (χ0v) is 13.9. The molecule has 0 aliphatic heterocycles. The van der Waals surface area contributed by atoms with Gasteiger partial charge in [0.1, 0.15) is 12.7 Å². The Morgan fingerprint density at radius 1 is 1.20 bits per heavy atom. The molecule has 1 aromatic heterocycles. The molecule has 2 aromatic rings. The van der Waals surface area contributed by atoms with Crippen molar-refractivity contribution in [1.29, 1.82) is 0 Å². The van der Waals surface area contributed by atoms with Gasteiger partial charge in [-0.3, -0.25) is 9.59 Å². The molecule has 1 heterocycles. The van der Waals surface area contributed by atoms with E-state index in [4.69, 9.17) is 0 Å². The minimum atomic E-state index is -0.922. The number of nitrogens with zero attached hydrogens (tertiary/aromatic N) is 3. The van der Waals surface area contributed by atoms with Crippen LogP contribution in [0.25, 0.3) is 5.69 Å². The summed E-state index contributed by atoms with van der Waals surface area (Å²) in [6.45, 7) is 1.89. The molecule has 0 radical (unpaired) electrons. The molecule has 0 unspecified atom stereocenters. The molecule has 3 atom stereocenters. The summed E-state index contributed by atoms with van der Waals surface area (Å²) in [5.41, 5.74) is 1.82. The predicted molar refractivity (Wildman–Crippen MR) is 90.9 cm³/mol. The fourth-order valence-electron chi connectivity index (χ4n) is 3.04. The van der Waals surface area contributed by atoms with Crippen LogP contribution in [0.3, 0.4) is 0 Å². The van der Waals surface area contributed by atoms with Crippen LogP contribution in [0.2, 0.25) is 0 Å². The van der Waals surface area contributed by atoms with Gasteiger partial charge in [0.15, 0.2) is 0 Å². The molecule has 0 saturated carbocycles. The van der Waals surface area contributed by atoms with Crippen LogP contribution in [0.4, 0.5) is 0 Å². The molecular weight excluding hydrogens is 320 g/mol. The molecule has 7 nitrogen and oxygen atoms in total. The van der Waals surface area contributed by atoms with Crippen LogP contribution in [0.15, 0.2) is 49.1 Å². The average molecular weight is 340 g/mol. The van der Waals surface area contributed by atoms with Gasteiger partial charge in [-0.2, -0.15) is 5.10 Å². The Hall–Kier alpha value is -2.96. The highest BCUT2D eigenvalue weighted by atomic mass is 16.4. The van der Waals surface area contributed by atoms with Gasteiger partial charge in [0.2, 0.25) is 5.91 Å². The number of carbonyl (C=O) groups is 2. The van der Waals surface area contributed by atoms with Crippen molar-refractivity contribution in [2.45, 2.75) is 25.8 Å². The Balaban J connectivity index is 1.67. The van der Waals surface area contributed by atoms with E-state index in [1.165, 1.54) is 6.33 Å². The normalized spacial score (nSPS) is 20.8. The van der Waals surface area contributed by atoms with E-state index in [0.29, 0.717) is 12.8 Å². The van der Waals surface area contributed by atoms with Gasteiger partial charge in [-0.15, -0.1) is 0 Å². The molecule has 0 spiro atoms. The van der Waals surface area contributed by atoms with E-state index in [0.717, 1.165) is 11.3 Å². The van der Waals surface area contributed by atoms with E-state index in [9.17, 15) is 14.7 Å². The van der Waals surface area contributed by atoms with E-state index < -0.39 is 17.8 Å². The summed E-state index contributed by atoms with van der Waals surface area (Å²) in [5, 5.41) is 16.3.